The van der Waals surface area contributed by atoms with Crippen LogP contribution < -0.4 is 4.90 Å². The van der Waals surface area contributed by atoms with Crippen molar-refractivity contribution >= 4 is 21.6 Å². The van der Waals surface area contributed by atoms with E-state index in [1.807, 2.05) is 19.0 Å². The number of nitrogens with zero attached hydrogens (tertiary/aromatic N) is 3. The van der Waals surface area contributed by atoms with E-state index >= 15 is 0 Å². The molecule has 1 saturated heterocycles. The van der Waals surface area contributed by atoms with Crippen molar-refractivity contribution in [3.8, 4) is 0 Å². The minimum atomic E-state index is -2.99. The van der Waals surface area contributed by atoms with Crippen LogP contribution in [0.5, 0.6) is 0 Å². The number of hydrogen-bond acceptors (Lipinski definition) is 5. The molecule has 0 saturated carbocycles. The van der Waals surface area contributed by atoms with Crippen LogP contribution in [0, 0.1) is 0 Å². The van der Waals surface area contributed by atoms with Crippen molar-refractivity contribution in [3.63, 3.8) is 0 Å². The minimum Gasteiger partial charge on any atom is -0.363 e. The van der Waals surface area contributed by atoms with Crippen molar-refractivity contribution in [1.82, 2.24) is 9.88 Å². The maximum absolute atomic E-state index is 12.4. The molecule has 110 valence electrons. The normalized spacial score (nSPS) is 20.6. The lowest BCUT2D eigenvalue weighted by Gasteiger charge is -2.23. The molecule has 0 N–H and O–H groups in total. The fourth-order valence-corrected chi connectivity index (χ4v) is 4.02. The van der Waals surface area contributed by atoms with Crippen LogP contribution in [0.25, 0.3) is 0 Å². The molecule has 6 nitrogen and oxygen atoms in total. The van der Waals surface area contributed by atoms with Gasteiger partial charge < -0.3 is 9.80 Å². The molecule has 1 aromatic heterocycles. The Balaban J connectivity index is 2.17. The SMILES string of the molecule is CN(C)c1cc(C(=O)N(C)[C@H]2CCS(=O)(=O)C2)ccn1. The smallest absolute Gasteiger partial charge is 0.254 e. The van der Waals surface area contributed by atoms with Gasteiger partial charge in [0.1, 0.15) is 5.82 Å². The standard InChI is InChI=1S/C13H19N3O3S/c1-15(2)12-8-10(4-6-14-12)13(17)16(3)11-5-7-20(18,19)9-11/h4,6,8,11H,5,7,9H2,1-3H3/t11-/m0/s1. The molecule has 1 aliphatic heterocycles. The topological polar surface area (TPSA) is 70.6 Å². The largest absolute Gasteiger partial charge is 0.363 e. The van der Waals surface area contributed by atoms with Gasteiger partial charge in [0.05, 0.1) is 11.5 Å². The molecule has 1 atom stereocenters. The quantitative estimate of drug-likeness (QED) is 0.808. The first kappa shape index (κ1) is 14.8. The molecule has 1 fully saturated rings. The molecule has 1 amide bonds. The highest BCUT2D eigenvalue weighted by atomic mass is 32.2. The number of anilines is 1. The van der Waals surface area contributed by atoms with Crippen LogP contribution in [0.4, 0.5) is 5.82 Å². The lowest BCUT2D eigenvalue weighted by molar-refractivity contribution is 0.0747. The molecule has 7 heteroatoms. The zero-order chi connectivity index (χ0) is 14.9. The molecule has 0 aromatic carbocycles. The fraction of sp³-hybridized carbons (Fsp3) is 0.538. The maximum atomic E-state index is 12.4. The number of sulfone groups is 1. The maximum Gasteiger partial charge on any atom is 0.254 e. The third-order valence-corrected chi connectivity index (χ3v) is 5.28. The average molecular weight is 297 g/mol. The van der Waals surface area contributed by atoms with Crippen molar-refractivity contribution in [1.29, 1.82) is 0 Å². The second-order valence-corrected chi connectivity index (χ2v) is 7.50. The molecule has 0 bridgehead atoms. The van der Waals surface area contributed by atoms with Crippen molar-refractivity contribution in [3.05, 3.63) is 23.9 Å². The van der Waals surface area contributed by atoms with Crippen LogP contribution in [0.15, 0.2) is 18.3 Å². The highest BCUT2D eigenvalue weighted by Crippen LogP contribution is 2.19. The van der Waals surface area contributed by atoms with Crippen LogP contribution in [0.3, 0.4) is 0 Å². The average Bonchev–Trinajstić information content (AvgIpc) is 2.77. The first-order valence-corrected chi connectivity index (χ1v) is 8.23. The summed E-state index contributed by atoms with van der Waals surface area (Å²) in [5.41, 5.74) is 0.524. The van der Waals surface area contributed by atoms with E-state index < -0.39 is 9.84 Å². The lowest BCUT2D eigenvalue weighted by Crippen LogP contribution is -2.37. The summed E-state index contributed by atoms with van der Waals surface area (Å²) in [6.07, 6.45) is 2.10. The van der Waals surface area contributed by atoms with Crippen LogP contribution in [0.1, 0.15) is 16.8 Å². The van der Waals surface area contributed by atoms with Gasteiger partial charge in [-0.2, -0.15) is 0 Å². The van der Waals surface area contributed by atoms with Crippen LogP contribution >= 0.6 is 0 Å². The highest BCUT2D eigenvalue weighted by Gasteiger charge is 2.33. The Hall–Kier alpha value is -1.63. The third-order valence-electron chi connectivity index (χ3n) is 3.53. The predicted octanol–water partition coefficient (Wildman–Crippen LogP) is 0.407. The second-order valence-electron chi connectivity index (χ2n) is 5.27. The van der Waals surface area contributed by atoms with Gasteiger partial charge in [-0.25, -0.2) is 13.4 Å². The first-order valence-electron chi connectivity index (χ1n) is 6.41. The molecule has 1 aromatic rings. The van der Waals surface area contributed by atoms with Gasteiger partial charge in [0.2, 0.25) is 0 Å². The molecule has 0 unspecified atom stereocenters. The molecule has 0 spiro atoms. The number of hydrogen-bond donors (Lipinski definition) is 0. The Morgan fingerprint density at radius 2 is 2.05 bits per heavy atom. The molecule has 20 heavy (non-hydrogen) atoms. The van der Waals surface area contributed by atoms with Crippen molar-refractivity contribution in [2.75, 3.05) is 37.5 Å². The monoisotopic (exact) mass is 297 g/mol. The Bertz CT molecular complexity index is 613. The van der Waals surface area contributed by atoms with Gasteiger partial charge in [0, 0.05) is 38.9 Å². The van der Waals surface area contributed by atoms with E-state index in [4.69, 9.17) is 0 Å². The van der Waals surface area contributed by atoms with Crippen LogP contribution in [-0.4, -0.2) is 62.9 Å². The Labute approximate surface area is 119 Å². The van der Waals surface area contributed by atoms with Gasteiger partial charge in [0.15, 0.2) is 9.84 Å². The van der Waals surface area contributed by atoms with Crippen molar-refractivity contribution < 1.29 is 13.2 Å². The fourth-order valence-electron chi connectivity index (χ4n) is 2.25. The molecular weight excluding hydrogens is 278 g/mol. The number of aromatic nitrogens is 1. The number of pyridine rings is 1. The summed E-state index contributed by atoms with van der Waals surface area (Å²) in [5, 5.41) is 0. The summed E-state index contributed by atoms with van der Waals surface area (Å²) in [6, 6.07) is 3.13. The number of carbonyl (C=O) groups is 1. The van der Waals surface area contributed by atoms with Crippen molar-refractivity contribution in [2.45, 2.75) is 12.5 Å². The Kier molecular flexibility index (Phi) is 3.99. The van der Waals surface area contributed by atoms with E-state index in [-0.39, 0.29) is 23.5 Å². The molecular formula is C13H19N3O3S. The summed E-state index contributed by atoms with van der Waals surface area (Å²) >= 11 is 0. The molecule has 0 aliphatic carbocycles. The van der Waals surface area contributed by atoms with E-state index in [0.717, 1.165) is 0 Å². The molecule has 2 rings (SSSR count). The van der Waals surface area contributed by atoms with Gasteiger partial charge in [-0.15, -0.1) is 0 Å². The summed E-state index contributed by atoms with van der Waals surface area (Å²) in [4.78, 5) is 19.9. The lowest BCUT2D eigenvalue weighted by atomic mass is 10.1. The molecule has 0 radical (unpaired) electrons. The van der Waals surface area contributed by atoms with E-state index in [1.165, 1.54) is 4.90 Å². The number of carbonyl (C=O) groups excluding carboxylic acids is 1. The summed E-state index contributed by atoms with van der Waals surface area (Å²) < 4.78 is 23.0. The summed E-state index contributed by atoms with van der Waals surface area (Å²) in [5.74, 6) is 0.746. The summed E-state index contributed by atoms with van der Waals surface area (Å²) in [7, 11) is 2.37. The van der Waals surface area contributed by atoms with Gasteiger partial charge in [-0.3, -0.25) is 4.79 Å². The van der Waals surface area contributed by atoms with E-state index in [0.29, 0.717) is 17.8 Å². The van der Waals surface area contributed by atoms with Gasteiger partial charge >= 0.3 is 0 Å². The first-order chi connectivity index (χ1) is 9.30. The minimum absolute atomic E-state index is 0.0564. The van der Waals surface area contributed by atoms with E-state index in [1.54, 1.807) is 25.4 Å². The third kappa shape index (κ3) is 3.09. The van der Waals surface area contributed by atoms with E-state index in [9.17, 15) is 13.2 Å². The van der Waals surface area contributed by atoms with Gasteiger partial charge in [0.25, 0.3) is 5.91 Å². The summed E-state index contributed by atoms with van der Waals surface area (Å²) in [6.45, 7) is 0. The second kappa shape index (κ2) is 5.40. The predicted molar refractivity (Wildman–Crippen MR) is 77.7 cm³/mol. The van der Waals surface area contributed by atoms with Gasteiger partial charge in [-0.1, -0.05) is 0 Å². The Morgan fingerprint density at radius 1 is 1.35 bits per heavy atom. The van der Waals surface area contributed by atoms with E-state index in [2.05, 4.69) is 4.98 Å². The molecule has 1 aliphatic rings. The zero-order valence-corrected chi connectivity index (χ0v) is 12.7. The van der Waals surface area contributed by atoms with Gasteiger partial charge in [-0.05, 0) is 18.6 Å². The number of rotatable bonds is 3. The van der Waals surface area contributed by atoms with Crippen LogP contribution in [-0.2, 0) is 9.84 Å². The highest BCUT2D eigenvalue weighted by molar-refractivity contribution is 7.91. The molecule has 2 heterocycles. The number of amides is 1. The zero-order valence-electron chi connectivity index (χ0n) is 11.9. The van der Waals surface area contributed by atoms with Crippen molar-refractivity contribution in [2.24, 2.45) is 0 Å². The van der Waals surface area contributed by atoms with Crippen LogP contribution in [0.2, 0.25) is 0 Å². The Morgan fingerprint density at radius 3 is 2.60 bits per heavy atom.